The molecule has 1 rings (SSSR count). The van der Waals surface area contributed by atoms with Crippen LogP contribution in [0.4, 0.5) is 0 Å². The van der Waals surface area contributed by atoms with Crippen LogP contribution in [-0.2, 0) is 8.85 Å². The fourth-order valence-corrected chi connectivity index (χ4v) is 1.17. The SMILES string of the molecule is O[Si]1(O)OCCO1. The normalized spacial score (nSPS) is 28.3. The van der Waals surface area contributed by atoms with Crippen molar-refractivity contribution in [3.05, 3.63) is 0 Å². The molecular weight excluding hydrogens is 116 g/mol. The van der Waals surface area contributed by atoms with Crippen LogP contribution in [0.25, 0.3) is 0 Å². The highest BCUT2D eigenvalue weighted by molar-refractivity contribution is 6.50. The zero-order valence-electron chi connectivity index (χ0n) is 3.63. The van der Waals surface area contributed by atoms with Crippen LogP contribution >= 0.6 is 0 Å². The van der Waals surface area contributed by atoms with Gasteiger partial charge in [-0.25, -0.2) is 0 Å². The van der Waals surface area contributed by atoms with Crippen LogP contribution < -0.4 is 0 Å². The van der Waals surface area contributed by atoms with Crippen LogP contribution in [0.1, 0.15) is 0 Å². The van der Waals surface area contributed by atoms with Crippen molar-refractivity contribution in [2.24, 2.45) is 0 Å². The summed E-state index contributed by atoms with van der Waals surface area (Å²) in [6, 6.07) is 0. The summed E-state index contributed by atoms with van der Waals surface area (Å²) in [5.41, 5.74) is 0. The van der Waals surface area contributed by atoms with Crippen molar-refractivity contribution in [1.82, 2.24) is 0 Å². The van der Waals surface area contributed by atoms with E-state index in [1.165, 1.54) is 0 Å². The number of hydrogen-bond donors (Lipinski definition) is 2. The van der Waals surface area contributed by atoms with Gasteiger partial charge in [-0.05, 0) is 0 Å². The smallest absolute Gasteiger partial charge is 0.367 e. The molecule has 1 fully saturated rings. The summed E-state index contributed by atoms with van der Waals surface area (Å²) in [4.78, 5) is 16.9. The summed E-state index contributed by atoms with van der Waals surface area (Å²) in [5, 5.41) is 0. The Bertz CT molecular complexity index is 64.1. The van der Waals surface area contributed by atoms with Gasteiger partial charge >= 0.3 is 9.05 Å². The molecule has 1 heterocycles. The second-order valence-corrected chi connectivity index (χ2v) is 2.92. The standard InChI is InChI=1S/C2H6O4Si/c3-7(4)5-1-2-6-7/h3-4H,1-2H2. The maximum atomic E-state index is 8.44. The van der Waals surface area contributed by atoms with E-state index in [-0.39, 0.29) is 0 Å². The first-order valence-corrected chi connectivity index (χ1v) is 3.64. The molecule has 0 aliphatic carbocycles. The molecule has 0 unspecified atom stereocenters. The molecule has 0 aromatic rings. The Hall–Kier alpha value is 0.0569. The molecule has 0 radical (unpaired) electrons. The average Bonchev–Trinajstić information content (AvgIpc) is 1.84. The van der Waals surface area contributed by atoms with E-state index in [1.807, 2.05) is 0 Å². The molecule has 1 aliphatic rings. The van der Waals surface area contributed by atoms with Gasteiger partial charge in [-0.15, -0.1) is 0 Å². The second-order valence-electron chi connectivity index (χ2n) is 1.25. The fraction of sp³-hybridized carbons (Fsp3) is 1.00. The Kier molecular flexibility index (Phi) is 1.14. The zero-order chi connectivity index (χ0) is 5.33. The quantitative estimate of drug-likeness (QED) is 0.382. The predicted octanol–water partition coefficient (Wildman–Crippen LogP) is -1.55. The molecule has 0 bridgehead atoms. The van der Waals surface area contributed by atoms with Gasteiger partial charge in [-0.1, -0.05) is 0 Å². The third-order valence-corrected chi connectivity index (χ3v) is 1.82. The largest absolute Gasteiger partial charge is 0.674 e. The molecule has 2 N–H and O–H groups in total. The van der Waals surface area contributed by atoms with Crippen molar-refractivity contribution >= 4 is 9.05 Å². The second kappa shape index (κ2) is 1.53. The minimum Gasteiger partial charge on any atom is -0.367 e. The fourth-order valence-electron chi connectivity index (χ4n) is 0.391. The first-order chi connectivity index (χ1) is 3.21. The van der Waals surface area contributed by atoms with Gasteiger partial charge in [-0.2, -0.15) is 0 Å². The molecule has 1 saturated heterocycles. The van der Waals surface area contributed by atoms with Crippen LogP contribution in [0, 0.1) is 0 Å². The van der Waals surface area contributed by atoms with Crippen molar-refractivity contribution in [3.8, 4) is 0 Å². The van der Waals surface area contributed by atoms with E-state index in [0.717, 1.165) is 0 Å². The number of hydrogen-bond acceptors (Lipinski definition) is 4. The highest BCUT2D eigenvalue weighted by atomic mass is 28.4. The molecule has 7 heavy (non-hydrogen) atoms. The summed E-state index contributed by atoms with van der Waals surface area (Å²) in [5.74, 6) is 0. The molecule has 1 aliphatic heterocycles. The van der Waals surface area contributed by atoms with E-state index >= 15 is 0 Å². The monoisotopic (exact) mass is 122 g/mol. The maximum absolute atomic E-state index is 8.44. The Morgan fingerprint density at radius 1 is 1.14 bits per heavy atom. The van der Waals surface area contributed by atoms with Crippen LogP contribution in [0.5, 0.6) is 0 Å². The van der Waals surface area contributed by atoms with E-state index in [1.54, 1.807) is 0 Å². The number of rotatable bonds is 0. The first kappa shape index (κ1) is 5.20. The van der Waals surface area contributed by atoms with Crippen molar-refractivity contribution in [1.29, 1.82) is 0 Å². The lowest BCUT2D eigenvalue weighted by atomic mass is 10.8. The molecule has 0 aromatic heterocycles. The topological polar surface area (TPSA) is 58.9 Å². The lowest BCUT2D eigenvalue weighted by molar-refractivity contribution is 0.111. The molecule has 42 valence electrons. The van der Waals surface area contributed by atoms with Gasteiger partial charge in [0, 0.05) is 0 Å². The third kappa shape index (κ3) is 1.22. The maximum Gasteiger partial charge on any atom is 0.674 e. The molecular formula is C2H6O4Si. The molecule has 5 heteroatoms. The minimum atomic E-state index is -3.54. The molecule has 0 spiro atoms. The Morgan fingerprint density at radius 2 is 1.57 bits per heavy atom. The van der Waals surface area contributed by atoms with Crippen LogP contribution in [0.2, 0.25) is 0 Å². The van der Waals surface area contributed by atoms with E-state index in [9.17, 15) is 0 Å². The summed E-state index contributed by atoms with van der Waals surface area (Å²) < 4.78 is 8.74. The van der Waals surface area contributed by atoms with Gasteiger partial charge in [0.25, 0.3) is 0 Å². The van der Waals surface area contributed by atoms with Gasteiger partial charge in [0.1, 0.15) is 0 Å². The van der Waals surface area contributed by atoms with Gasteiger partial charge in [-0.3, -0.25) is 0 Å². The summed E-state index contributed by atoms with van der Waals surface area (Å²) in [6.07, 6.45) is 0. The minimum absolute atomic E-state index is 0.305. The predicted molar refractivity (Wildman–Crippen MR) is 22.1 cm³/mol. The Morgan fingerprint density at radius 3 is 1.71 bits per heavy atom. The van der Waals surface area contributed by atoms with Gasteiger partial charge < -0.3 is 18.4 Å². The average molecular weight is 122 g/mol. The summed E-state index contributed by atoms with van der Waals surface area (Å²) in [7, 11) is -3.54. The molecule has 0 aromatic carbocycles. The van der Waals surface area contributed by atoms with Gasteiger partial charge in [0.05, 0.1) is 13.2 Å². The van der Waals surface area contributed by atoms with Crippen molar-refractivity contribution in [2.75, 3.05) is 13.2 Å². The van der Waals surface area contributed by atoms with E-state index in [0.29, 0.717) is 13.2 Å². The van der Waals surface area contributed by atoms with Gasteiger partial charge in [0.15, 0.2) is 0 Å². The van der Waals surface area contributed by atoms with Crippen molar-refractivity contribution < 1.29 is 18.4 Å². The third-order valence-electron chi connectivity index (χ3n) is 0.664. The highest BCUT2D eigenvalue weighted by Gasteiger charge is 2.40. The van der Waals surface area contributed by atoms with Crippen molar-refractivity contribution in [2.45, 2.75) is 0 Å². The van der Waals surface area contributed by atoms with E-state index in [4.69, 9.17) is 9.59 Å². The Labute approximate surface area is 41.8 Å². The molecule has 4 nitrogen and oxygen atoms in total. The van der Waals surface area contributed by atoms with Crippen molar-refractivity contribution in [3.63, 3.8) is 0 Å². The van der Waals surface area contributed by atoms with Crippen LogP contribution in [0.15, 0.2) is 0 Å². The molecule has 0 amide bonds. The molecule has 0 saturated carbocycles. The van der Waals surface area contributed by atoms with Crippen LogP contribution in [0.3, 0.4) is 0 Å². The van der Waals surface area contributed by atoms with Gasteiger partial charge in [0.2, 0.25) is 0 Å². The van der Waals surface area contributed by atoms with Crippen LogP contribution in [-0.4, -0.2) is 31.9 Å². The van der Waals surface area contributed by atoms with E-state index in [2.05, 4.69) is 8.85 Å². The molecule has 0 atom stereocenters. The Balaban J connectivity index is 2.40. The highest BCUT2D eigenvalue weighted by Crippen LogP contribution is 2.03. The lowest BCUT2D eigenvalue weighted by Crippen LogP contribution is -2.36. The summed E-state index contributed by atoms with van der Waals surface area (Å²) >= 11 is 0. The van der Waals surface area contributed by atoms with E-state index < -0.39 is 9.05 Å². The first-order valence-electron chi connectivity index (χ1n) is 1.93. The zero-order valence-corrected chi connectivity index (χ0v) is 4.63. The lowest BCUT2D eigenvalue weighted by Gasteiger charge is -2.02. The summed E-state index contributed by atoms with van der Waals surface area (Å²) in [6.45, 7) is 0.610.